The van der Waals surface area contributed by atoms with Crippen LogP contribution in [0.1, 0.15) is 26.5 Å². The lowest BCUT2D eigenvalue weighted by molar-refractivity contribution is -0.167. The molecule has 0 aliphatic carbocycles. The van der Waals surface area contributed by atoms with Gasteiger partial charge in [0.25, 0.3) is 5.56 Å². The molecular formula is C11H11BrF3N5O2. The molecule has 0 fully saturated rings. The van der Waals surface area contributed by atoms with E-state index in [1.54, 1.807) is 26.1 Å². The number of hydrogen-bond acceptors (Lipinski definition) is 4. The van der Waals surface area contributed by atoms with Gasteiger partial charge < -0.3 is 5.32 Å². The van der Waals surface area contributed by atoms with Crippen molar-refractivity contribution in [3.05, 3.63) is 20.5 Å². The Morgan fingerprint density at radius 2 is 1.86 bits per heavy atom. The number of carbonyl (C=O) groups excluding carboxylic acids is 1. The SMILES string of the molecule is CC(C)(C)c1nnc2c(Br)c(NC(=O)C(F)(F)F)[nH]n2c1=O. The van der Waals surface area contributed by atoms with Gasteiger partial charge in [-0.15, -0.1) is 10.2 Å². The van der Waals surface area contributed by atoms with Gasteiger partial charge in [-0.3, -0.25) is 14.7 Å². The highest BCUT2D eigenvalue weighted by atomic mass is 79.9. The Morgan fingerprint density at radius 3 is 2.36 bits per heavy atom. The van der Waals surface area contributed by atoms with Crippen molar-refractivity contribution in [1.29, 1.82) is 0 Å². The summed E-state index contributed by atoms with van der Waals surface area (Å²) >= 11 is 2.98. The van der Waals surface area contributed by atoms with Crippen molar-refractivity contribution in [2.24, 2.45) is 0 Å². The number of fused-ring (bicyclic) bond motifs is 1. The highest BCUT2D eigenvalue weighted by Gasteiger charge is 2.39. The Labute approximate surface area is 130 Å². The molecule has 0 aliphatic rings. The molecule has 0 spiro atoms. The van der Waals surface area contributed by atoms with Crippen LogP contribution in [0.5, 0.6) is 0 Å². The molecule has 0 radical (unpaired) electrons. The fourth-order valence-electron chi connectivity index (χ4n) is 1.64. The van der Waals surface area contributed by atoms with Crippen LogP contribution in [0.2, 0.25) is 0 Å². The molecule has 0 unspecified atom stereocenters. The lowest BCUT2D eigenvalue weighted by Gasteiger charge is -2.14. The summed E-state index contributed by atoms with van der Waals surface area (Å²) in [5, 5.41) is 11.6. The monoisotopic (exact) mass is 381 g/mol. The summed E-state index contributed by atoms with van der Waals surface area (Å²) in [7, 11) is 0. The van der Waals surface area contributed by atoms with Gasteiger partial charge in [-0.2, -0.15) is 17.7 Å². The quantitative estimate of drug-likeness (QED) is 0.789. The topological polar surface area (TPSA) is 92.2 Å². The minimum atomic E-state index is -5.05. The molecule has 7 nitrogen and oxygen atoms in total. The molecule has 0 saturated carbocycles. The molecule has 2 heterocycles. The van der Waals surface area contributed by atoms with Crippen LogP contribution in [-0.2, 0) is 10.2 Å². The van der Waals surface area contributed by atoms with Crippen molar-refractivity contribution in [2.75, 3.05) is 5.32 Å². The van der Waals surface area contributed by atoms with Gasteiger partial charge in [0.1, 0.15) is 16.0 Å². The molecule has 11 heteroatoms. The van der Waals surface area contributed by atoms with E-state index in [0.717, 1.165) is 4.52 Å². The Kier molecular flexibility index (Phi) is 3.80. The van der Waals surface area contributed by atoms with Gasteiger partial charge in [-0.25, -0.2) is 0 Å². The summed E-state index contributed by atoms with van der Waals surface area (Å²) in [5.74, 6) is -2.50. The van der Waals surface area contributed by atoms with Gasteiger partial charge in [0, 0.05) is 5.41 Å². The van der Waals surface area contributed by atoms with Crippen LogP contribution >= 0.6 is 15.9 Å². The number of aromatic nitrogens is 4. The Bertz CT molecular complexity index is 803. The van der Waals surface area contributed by atoms with Crippen molar-refractivity contribution in [3.63, 3.8) is 0 Å². The zero-order valence-corrected chi connectivity index (χ0v) is 13.3. The second-order valence-electron chi connectivity index (χ2n) is 5.52. The average molecular weight is 382 g/mol. The summed E-state index contributed by atoms with van der Waals surface area (Å²) < 4.78 is 37.8. The van der Waals surface area contributed by atoms with Crippen molar-refractivity contribution >= 4 is 33.3 Å². The normalized spacial score (nSPS) is 12.7. The summed E-state index contributed by atoms with van der Waals surface area (Å²) in [6.45, 7) is 5.24. The maximum atomic E-state index is 12.3. The average Bonchev–Trinajstić information content (AvgIpc) is 2.66. The van der Waals surface area contributed by atoms with E-state index in [2.05, 4.69) is 31.2 Å². The standard InChI is InChI=1S/C11H11BrF3N5O2/c1-10(2,3)5-8(21)20-7(18-17-5)4(12)6(19-20)16-9(22)11(13,14)15/h19H,1-3H3,(H,16,22). The maximum Gasteiger partial charge on any atom is 0.471 e. The number of nitrogens with one attached hydrogen (secondary N) is 2. The van der Waals surface area contributed by atoms with Crippen LogP contribution in [0.3, 0.4) is 0 Å². The molecule has 0 bridgehead atoms. The number of nitrogens with zero attached hydrogens (tertiary/aromatic N) is 3. The van der Waals surface area contributed by atoms with E-state index < -0.39 is 23.1 Å². The van der Waals surface area contributed by atoms with Crippen LogP contribution in [0.25, 0.3) is 5.65 Å². The van der Waals surface area contributed by atoms with Crippen molar-refractivity contribution in [2.45, 2.75) is 32.4 Å². The molecule has 120 valence electrons. The first-order valence-corrected chi connectivity index (χ1v) is 6.78. The van der Waals surface area contributed by atoms with Crippen LogP contribution < -0.4 is 10.9 Å². The van der Waals surface area contributed by atoms with E-state index in [0.29, 0.717) is 0 Å². The molecule has 0 saturated heterocycles. The van der Waals surface area contributed by atoms with Gasteiger partial charge in [-0.05, 0) is 15.9 Å². The molecule has 2 aromatic rings. The van der Waals surface area contributed by atoms with Gasteiger partial charge in [-0.1, -0.05) is 20.8 Å². The number of halogens is 4. The number of anilines is 1. The molecule has 2 aromatic heterocycles. The van der Waals surface area contributed by atoms with Crippen molar-refractivity contribution in [1.82, 2.24) is 19.8 Å². The number of carbonyl (C=O) groups is 1. The number of amides is 1. The Morgan fingerprint density at radius 1 is 1.27 bits per heavy atom. The zero-order valence-electron chi connectivity index (χ0n) is 11.7. The van der Waals surface area contributed by atoms with E-state index in [9.17, 15) is 22.8 Å². The summed E-state index contributed by atoms with van der Waals surface area (Å²) in [6, 6.07) is 0. The number of rotatable bonds is 1. The van der Waals surface area contributed by atoms with E-state index in [1.807, 2.05) is 0 Å². The molecule has 0 aliphatic heterocycles. The minimum Gasteiger partial charge on any atom is -0.302 e. The lowest BCUT2D eigenvalue weighted by atomic mass is 9.93. The van der Waals surface area contributed by atoms with Crippen LogP contribution in [-0.4, -0.2) is 31.9 Å². The van der Waals surface area contributed by atoms with E-state index in [1.165, 1.54) is 0 Å². The predicted octanol–water partition coefficient (Wildman–Crippen LogP) is 1.98. The Balaban J connectivity index is 2.57. The molecular weight excluding hydrogens is 371 g/mol. The predicted molar refractivity (Wildman–Crippen MR) is 74.7 cm³/mol. The first-order valence-electron chi connectivity index (χ1n) is 5.98. The molecule has 2 rings (SSSR count). The van der Waals surface area contributed by atoms with Crippen LogP contribution in [0.15, 0.2) is 9.27 Å². The first kappa shape index (κ1) is 16.5. The maximum absolute atomic E-state index is 12.3. The van der Waals surface area contributed by atoms with Crippen LogP contribution in [0, 0.1) is 0 Å². The number of hydrogen-bond donors (Lipinski definition) is 2. The van der Waals surface area contributed by atoms with Gasteiger partial charge >= 0.3 is 12.1 Å². The fourth-order valence-corrected chi connectivity index (χ4v) is 2.09. The minimum absolute atomic E-state index is 0.00448. The third kappa shape index (κ3) is 2.85. The molecule has 0 aromatic carbocycles. The number of H-pyrrole nitrogens is 1. The van der Waals surface area contributed by atoms with Crippen LogP contribution in [0.4, 0.5) is 19.0 Å². The summed E-state index contributed by atoms with van der Waals surface area (Å²) in [5.41, 5.74) is -1.06. The number of aromatic amines is 1. The smallest absolute Gasteiger partial charge is 0.302 e. The second kappa shape index (κ2) is 5.07. The first-order chi connectivity index (χ1) is 9.93. The third-order valence-electron chi connectivity index (χ3n) is 2.71. The fraction of sp³-hybridized carbons (Fsp3) is 0.455. The highest BCUT2D eigenvalue weighted by molar-refractivity contribution is 9.10. The van der Waals surface area contributed by atoms with Gasteiger partial charge in [0.05, 0.1) is 0 Å². The molecule has 2 N–H and O–H groups in total. The van der Waals surface area contributed by atoms with E-state index >= 15 is 0 Å². The summed E-state index contributed by atoms with van der Waals surface area (Å²) in [6.07, 6.45) is -5.05. The van der Waals surface area contributed by atoms with Gasteiger partial charge in [0.2, 0.25) is 0 Å². The lowest BCUT2D eigenvalue weighted by Crippen LogP contribution is -2.31. The van der Waals surface area contributed by atoms with E-state index in [4.69, 9.17) is 0 Å². The zero-order chi connectivity index (χ0) is 16.9. The number of alkyl halides is 3. The molecule has 22 heavy (non-hydrogen) atoms. The third-order valence-corrected chi connectivity index (χ3v) is 3.46. The largest absolute Gasteiger partial charge is 0.471 e. The van der Waals surface area contributed by atoms with Crippen molar-refractivity contribution in [3.8, 4) is 0 Å². The van der Waals surface area contributed by atoms with Gasteiger partial charge in [0.15, 0.2) is 5.65 Å². The van der Waals surface area contributed by atoms with Crippen molar-refractivity contribution < 1.29 is 18.0 Å². The Hall–Kier alpha value is -1.91. The second-order valence-corrected chi connectivity index (χ2v) is 6.31. The molecule has 1 amide bonds. The van der Waals surface area contributed by atoms with E-state index in [-0.39, 0.29) is 21.6 Å². The molecule has 0 atom stereocenters. The summed E-state index contributed by atoms with van der Waals surface area (Å²) in [4.78, 5) is 23.3. The highest BCUT2D eigenvalue weighted by Crippen LogP contribution is 2.27.